The van der Waals surface area contributed by atoms with Crippen LogP contribution in [-0.2, 0) is 20.8 Å². The van der Waals surface area contributed by atoms with Crippen molar-refractivity contribution in [3.63, 3.8) is 0 Å². The molecule has 0 spiro atoms. The first-order valence-electron chi connectivity index (χ1n) is 12.9. The van der Waals surface area contributed by atoms with Gasteiger partial charge in [0.15, 0.2) is 11.6 Å². The van der Waals surface area contributed by atoms with Crippen molar-refractivity contribution in [2.45, 2.75) is 51.4 Å². The number of primary amides is 1. The molecule has 196 valence electrons. The summed E-state index contributed by atoms with van der Waals surface area (Å²) in [7, 11) is 3.65. The van der Waals surface area contributed by atoms with E-state index in [0.29, 0.717) is 29.2 Å². The van der Waals surface area contributed by atoms with Crippen molar-refractivity contribution >= 4 is 34.6 Å². The van der Waals surface area contributed by atoms with Crippen LogP contribution in [0, 0.1) is 29.1 Å². The van der Waals surface area contributed by atoms with Gasteiger partial charge in [-0.1, -0.05) is 25.7 Å². The Labute approximate surface area is 215 Å². The number of hydrogen-bond acceptors (Lipinski definition) is 8. The number of allylic oxidation sites excluding steroid dienone is 2. The van der Waals surface area contributed by atoms with Crippen molar-refractivity contribution in [1.82, 2.24) is 0 Å². The van der Waals surface area contributed by atoms with Crippen LogP contribution in [0.4, 0.5) is 5.69 Å². The minimum Gasteiger partial charge on any atom is -0.511 e. The number of anilines is 1. The monoisotopic (exact) mass is 507 g/mol. The largest absolute Gasteiger partial charge is 0.511 e. The Morgan fingerprint density at radius 3 is 2.43 bits per heavy atom. The molecule has 4 aliphatic carbocycles. The van der Waals surface area contributed by atoms with Crippen molar-refractivity contribution in [2.24, 2.45) is 29.4 Å². The normalized spacial score (nSPS) is 25.8. The van der Waals surface area contributed by atoms with Crippen LogP contribution < -0.4 is 10.6 Å². The number of rotatable bonds is 5. The van der Waals surface area contributed by atoms with Gasteiger partial charge in [0.05, 0.1) is 11.5 Å². The maximum absolute atomic E-state index is 13.7. The predicted molar refractivity (Wildman–Crippen MR) is 138 cm³/mol. The number of ketones is 2. The molecule has 37 heavy (non-hydrogen) atoms. The molecule has 0 bridgehead atoms. The first-order chi connectivity index (χ1) is 17.5. The summed E-state index contributed by atoms with van der Waals surface area (Å²) in [5.74, 6) is -5.65. The van der Waals surface area contributed by atoms with Gasteiger partial charge in [0.1, 0.15) is 22.8 Å². The molecular weight excluding hydrogens is 474 g/mol. The van der Waals surface area contributed by atoms with Gasteiger partial charge in [-0.2, -0.15) is 0 Å². The van der Waals surface area contributed by atoms with Gasteiger partial charge in [-0.3, -0.25) is 14.4 Å². The quantitative estimate of drug-likeness (QED) is 0.381. The zero-order chi connectivity index (χ0) is 26.8. The van der Waals surface area contributed by atoms with Crippen molar-refractivity contribution in [3.05, 3.63) is 39.7 Å². The number of carbonyl (C=O) groups is 3. The number of benzene rings is 1. The summed E-state index contributed by atoms with van der Waals surface area (Å²) in [6.45, 7) is 0. The van der Waals surface area contributed by atoms with Crippen LogP contribution in [0.5, 0.6) is 5.75 Å². The van der Waals surface area contributed by atoms with Crippen LogP contribution >= 0.6 is 0 Å². The number of phenolic OH excluding ortho intramolecular Hbond substituents is 1. The second-order valence-corrected chi connectivity index (χ2v) is 11.1. The first kappa shape index (κ1) is 25.0. The average molecular weight is 508 g/mol. The van der Waals surface area contributed by atoms with Crippen molar-refractivity contribution < 1.29 is 29.7 Å². The molecule has 0 aliphatic heterocycles. The van der Waals surface area contributed by atoms with Gasteiger partial charge in [0.2, 0.25) is 0 Å². The fraction of sp³-hybridized carbons (Fsp3) is 0.500. The third-order valence-corrected chi connectivity index (χ3v) is 8.68. The molecule has 1 aromatic rings. The highest BCUT2D eigenvalue weighted by Gasteiger charge is 2.52. The number of aliphatic hydroxyl groups excluding tert-OH is 2. The molecule has 1 aromatic carbocycles. The van der Waals surface area contributed by atoms with Gasteiger partial charge < -0.3 is 31.4 Å². The topological polar surface area (TPSA) is 165 Å². The Bertz CT molecular complexity index is 1300. The minimum absolute atomic E-state index is 0.0566. The van der Waals surface area contributed by atoms with E-state index >= 15 is 0 Å². The van der Waals surface area contributed by atoms with Crippen LogP contribution in [0.2, 0.25) is 0 Å². The molecule has 6 N–H and O–H groups in total. The van der Waals surface area contributed by atoms with E-state index in [1.807, 2.05) is 25.1 Å². The lowest BCUT2D eigenvalue weighted by molar-refractivity contribution is -0.127. The van der Waals surface area contributed by atoms with E-state index in [-0.39, 0.29) is 35.4 Å². The molecule has 3 unspecified atom stereocenters. The van der Waals surface area contributed by atoms with E-state index in [1.54, 1.807) is 0 Å². The van der Waals surface area contributed by atoms with Gasteiger partial charge in [-0.05, 0) is 42.7 Å². The molecule has 2 saturated carbocycles. The molecule has 0 radical (unpaired) electrons. The Kier molecular flexibility index (Phi) is 6.12. The number of aromatic hydroxyl groups is 1. The number of nitrogens with two attached hydrogens (primary N) is 1. The fourth-order valence-electron chi connectivity index (χ4n) is 6.83. The first-order valence-corrected chi connectivity index (χ1v) is 12.9. The second-order valence-electron chi connectivity index (χ2n) is 11.1. The number of aliphatic hydroxyl groups is 2. The molecule has 2 fully saturated rings. The highest BCUT2D eigenvalue weighted by atomic mass is 16.3. The summed E-state index contributed by atoms with van der Waals surface area (Å²) in [6.07, 6.45) is 6.27. The van der Waals surface area contributed by atoms with Gasteiger partial charge in [0.25, 0.3) is 5.91 Å². The maximum Gasteiger partial charge on any atom is 0.255 e. The molecule has 0 saturated heterocycles. The van der Waals surface area contributed by atoms with Crippen molar-refractivity contribution in [2.75, 3.05) is 19.0 Å². The lowest BCUT2D eigenvalue weighted by Crippen LogP contribution is -2.46. The number of phenols is 1. The number of nitrogens with zero attached hydrogens (tertiary/aromatic N) is 1. The SMILES string of the molecule is CN(C)c1cc(CCC2CCCC2)c(O)c2c1C(=N)C1CC3CC(=O)C(C(N)=O)=C(O)C3C(=O)C1=C2O. The molecule has 0 heterocycles. The van der Waals surface area contributed by atoms with Crippen LogP contribution in [0.15, 0.2) is 23.0 Å². The minimum atomic E-state index is -1.20. The number of Topliss-reactive ketones (excluding diaryl/α,β-unsaturated/α-hetero) is 2. The van der Waals surface area contributed by atoms with Gasteiger partial charge >= 0.3 is 0 Å². The molecule has 9 nitrogen and oxygen atoms in total. The smallest absolute Gasteiger partial charge is 0.255 e. The van der Waals surface area contributed by atoms with E-state index in [0.717, 1.165) is 19.3 Å². The average Bonchev–Trinajstić information content (AvgIpc) is 3.34. The van der Waals surface area contributed by atoms with Crippen molar-refractivity contribution in [1.29, 1.82) is 5.41 Å². The standard InChI is InChI=1S/C28H33N3O6/c1-31(2)16-10-13(8-7-12-5-3-4-6-12)24(33)22-20(16)23(29)15-9-14-11-17(32)21(28(30)37)26(35)18(14)25(34)19(15)27(22)36/h10,12,14-15,18,29,33,35-36H,3-9,11H2,1-2H3,(H2,30,37). The van der Waals surface area contributed by atoms with Gasteiger partial charge in [0, 0.05) is 49.0 Å². The Balaban J connectivity index is 1.64. The summed E-state index contributed by atoms with van der Waals surface area (Å²) in [4.78, 5) is 39.8. The Morgan fingerprint density at radius 1 is 1.14 bits per heavy atom. The van der Waals surface area contributed by atoms with E-state index in [4.69, 9.17) is 11.1 Å². The third kappa shape index (κ3) is 3.83. The molecule has 4 aliphatic rings. The van der Waals surface area contributed by atoms with E-state index in [9.17, 15) is 29.7 Å². The van der Waals surface area contributed by atoms with Crippen LogP contribution in [-0.4, -0.2) is 52.6 Å². The van der Waals surface area contributed by atoms with E-state index in [2.05, 4.69) is 0 Å². The molecule has 5 rings (SSSR count). The van der Waals surface area contributed by atoms with Gasteiger partial charge in [-0.25, -0.2) is 0 Å². The lowest BCUT2D eigenvalue weighted by atomic mass is 9.61. The molecule has 3 atom stereocenters. The lowest BCUT2D eigenvalue weighted by Gasteiger charge is -2.42. The zero-order valence-electron chi connectivity index (χ0n) is 21.1. The van der Waals surface area contributed by atoms with E-state index < -0.39 is 52.3 Å². The summed E-state index contributed by atoms with van der Waals surface area (Å²) < 4.78 is 0. The summed E-state index contributed by atoms with van der Waals surface area (Å²) in [5, 5.41) is 42.6. The second kappa shape index (κ2) is 9.04. The molecule has 1 amide bonds. The molecule has 0 aromatic heterocycles. The number of carbonyl (C=O) groups excluding carboxylic acids is 3. The third-order valence-electron chi connectivity index (χ3n) is 8.68. The molecule has 9 heteroatoms. The maximum atomic E-state index is 13.7. The number of amides is 1. The highest BCUT2D eigenvalue weighted by molar-refractivity contribution is 6.24. The Morgan fingerprint density at radius 2 is 1.81 bits per heavy atom. The Hall–Kier alpha value is -3.62. The summed E-state index contributed by atoms with van der Waals surface area (Å²) in [5.41, 5.74) is 6.45. The zero-order valence-corrected chi connectivity index (χ0v) is 21.1. The van der Waals surface area contributed by atoms with Crippen LogP contribution in [0.3, 0.4) is 0 Å². The number of nitrogens with one attached hydrogen (secondary N) is 1. The van der Waals surface area contributed by atoms with Crippen LogP contribution in [0.1, 0.15) is 61.6 Å². The number of hydrogen-bond donors (Lipinski definition) is 5. The fourth-order valence-corrected chi connectivity index (χ4v) is 6.83. The summed E-state index contributed by atoms with van der Waals surface area (Å²) >= 11 is 0. The predicted octanol–water partition coefficient (Wildman–Crippen LogP) is 3.32. The van der Waals surface area contributed by atoms with Crippen molar-refractivity contribution in [3.8, 4) is 5.75 Å². The van der Waals surface area contributed by atoms with Crippen LogP contribution in [0.25, 0.3) is 5.76 Å². The van der Waals surface area contributed by atoms with Gasteiger partial charge in [-0.15, -0.1) is 0 Å². The molecular formula is C28H33N3O6. The number of fused-ring (bicyclic) bond motifs is 3. The summed E-state index contributed by atoms with van der Waals surface area (Å²) in [6, 6.07) is 1.86. The van der Waals surface area contributed by atoms with E-state index in [1.165, 1.54) is 12.8 Å². The number of aryl methyl sites for hydroxylation is 1. The highest BCUT2D eigenvalue weighted by Crippen LogP contribution is 2.52.